The molecule has 11 nitrogen and oxygen atoms in total. The molecule has 0 saturated heterocycles. The normalized spacial score (nSPS) is 12.0. The van der Waals surface area contributed by atoms with Crippen LogP contribution in [0, 0.1) is 0 Å². The first-order valence-electron chi connectivity index (χ1n) is 7.94. The summed E-state index contributed by atoms with van der Waals surface area (Å²) in [4.78, 5) is 28.4. The molecule has 1 aromatic heterocycles. The van der Waals surface area contributed by atoms with Crippen molar-refractivity contribution in [3.63, 3.8) is 0 Å². The number of aromatic nitrogens is 1. The number of sulfonamides is 1. The Hall–Kier alpha value is -3.40. The van der Waals surface area contributed by atoms with Gasteiger partial charge in [-0.05, 0) is 31.2 Å². The van der Waals surface area contributed by atoms with Gasteiger partial charge in [-0.15, -0.1) is 11.3 Å². The van der Waals surface area contributed by atoms with Gasteiger partial charge < -0.3 is 21.9 Å². The van der Waals surface area contributed by atoms with Gasteiger partial charge in [-0.3, -0.25) is 9.52 Å². The van der Waals surface area contributed by atoms with Crippen LogP contribution < -0.4 is 21.5 Å². The first kappa shape index (κ1) is 25.6. The number of aliphatic imine (C=N–C) groups is 1. The van der Waals surface area contributed by atoms with Crippen molar-refractivity contribution < 1.29 is 36.3 Å². The summed E-state index contributed by atoms with van der Waals surface area (Å²) in [5.74, 6) is -3.36. The van der Waals surface area contributed by atoms with E-state index < -0.39 is 34.1 Å². The lowest BCUT2D eigenvalue weighted by Gasteiger charge is -2.10. The smallest absolute Gasteiger partial charge is 0.475 e. The van der Waals surface area contributed by atoms with E-state index in [1.54, 1.807) is 5.38 Å². The Morgan fingerprint density at radius 1 is 1.23 bits per heavy atom. The molecule has 2 aromatic rings. The molecular formula is C15H17F3N6O5S2. The molecule has 31 heavy (non-hydrogen) atoms. The van der Waals surface area contributed by atoms with Gasteiger partial charge in [0.2, 0.25) is 5.91 Å². The maximum Gasteiger partial charge on any atom is 0.490 e. The van der Waals surface area contributed by atoms with Crippen LogP contribution in [-0.4, -0.2) is 48.6 Å². The fraction of sp³-hybridized carbons (Fsp3) is 0.200. The number of alkyl halides is 3. The lowest BCUT2D eigenvalue weighted by atomic mass is 10.3. The van der Waals surface area contributed by atoms with Crippen molar-refractivity contribution in [1.29, 1.82) is 0 Å². The van der Waals surface area contributed by atoms with Gasteiger partial charge in [-0.2, -0.15) is 13.2 Å². The average molecular weight is 482 g/mol. The van der Waals surface area contributed by atoms with E-state index in [1.165, 1.54) is 48.7 Å². The lowest BCUT2D eigenvalue weighted by molar-refractivity contribution is -0.192. The number of carboxylic acid groups (broad SMARTS) is 1. The largest absolute Gasteiger partial charge is 0.490 e. The van der Waals surface area contributed by atoms with Crippen LogP contribution in [0.2, 0.25) is 0 Å². The molecule has 1 aromatic carbocycles. The standard InChI is InChI=1S/C13H16N6O3S2.C2HF3O2/c1-8(17-12(14)15)11(20)18-9-2-4-10(5-3-9)24(21,22)19-13-16-6-7-23-13;3-2(4,5)1(6)7/h2-8H,1H3,(H,16,19)(H,18,20)(H4,14,15,17);(H,6,7)/t8-;/m0./s1. The molecule has 16 heteroatoms. The third kappa shape index (κ3) is 8.87. The van der Waals surface area contributed by atoms with Crippen molar-refractivity contribution in [3.8, 4) is 0 Å². The number of nitrogens with two attached hydrogens (primary N) is 2. The van der Waals surface area contributed by atoms with Gasteiger partial charge in [0.25, 0.3) is 10.0 Å². The second kappa shape index (κ2) is 10.6. The Morgan fingerprint density at radius 3 is 2.19 bits per heavy atom. The van der Waals surface area contributed by atoms with Crippen molar-refractivity contribution >= 4 is 50.0 Å². The van der Waals surface area contributed by atoms with Crippen LogP contribution in [0.5, 0.6) is 0 Å². The number of carbonyl (C=O) groups is 2. The molecule has 2 rings (SSSR count). The van der Waals surface area contributed by atoms with E-state index in [-0.39, 0.29) is 16.0 Å². The van der Waals surface area contributed by atoms with Crippen molar-refractivity contribution in [3.05, 3.63) is 35.8 Å². The number of halogens is 3. The van der Waals surface area contributed by atoms with Crippen LogP contribution >= 0.6 is 11.3 Å². The summed E-state index contributed by atoms with van der Waals surface area (Å²) in [6, 6.07) is 4.92. The molecule has 0 radical (unpaired) electrons. The predicted octanol–water partition coefficient (Wildman–Crippen LogP) is 1.18. The molecule has 1 heterocycles. The molecule has 0 saturated carbocycles. The van der Waals surface area contributed by atoms with E-state index in [9.17, 15) is 26.4 Å². The topological polar surface area (TPSA) is 190 Å². The number of benzene rings is 1. The van der Waals surface area contributed by atoms with Gasteiger partial charge in [0.15, 0.2) is 11.1 Å². The first-order chi connectivity index (χ1) is 14.2. The summed E-state index contributed by atoms with van der Waals surface area (Å²) in [7, 11) is -3.73. The molecular weight excluding hydrogens is 465 g/mol. The number of hydrogen-bond donors (Lipinski definition) is 5. The predicted molar refractivity (Wildman–Crippen MR) is 107 cm³/mol. The van der Waals surface area contributed by atoms with Crippen molar-refractivity contribution in [2.24, 2.45) is 16.5 Å². The number of carbonyl (C=O) groups excluding carboxylic acids is 1. The maximum atomic E-state index is 12.2. The minimum Gasteiger partial charge on any atom is -0.475 e. The molecule has 7 N–H and O–H groups in total. The zero-order valence-corrected chi connectivity index (χ0v) is 17.3. The Balaban J connectivity index is 0.000000592. The fourth-order valence-corrected chi connectivity index (χ4v) is 3.48. The highest BCUT2D eigenvalue weighted by molar-refractivity contribution is 7.93. The highest BCUT2D eigenvalue weighted by Crippen LogP contribution is 2.19. The number of amides is 1. The summed E-state index contributed by atoms with van der Waals surface area (Å²) in [5, 5.41) is 11.7. The first-order valence-corrected chi connectivity index (χ1v) is 10.3. The van der Waals surface area contributed by atoms with Gasteiger partial charge in [0, 0.05) is 17.3 Å². The van der Waals surface area contributed by atoms with Crippen LogP contribution in [0.3, 0.4) is 0 Å². The molecule has 0 spiro atoms. The van der Waals surface area contributed by atoms with Crippen LogP contribution in [0.4, 0.5) is 24.0 Å². The Kier molecular flexibility index (Phi) is 8.75. The summed E-state index contributed by atoms with van der Waals surface area (Å²) in [6.45, 7) is 1.53. The SMILES string of the molecule is C[C@H](N=C(N)N)C(=O)Nc1ccc(S(=O)(=O)Nc2nccs2)cc1.O=C(O)C(F)(F)F. The van der Waals surface area contributed by atoms with Gasteiger partial charge in [0.05, 0.1) is 4.90 Å². The van der Waals surface area contributed by atoms with E-state index in [2.05, 4.69) is 20.0 Å². The monoisotopic (exact) mass is 482 g/mol. The van der Waals surface area contributed by atoms with Crippen molar-refractivity contribution in [1.82, 2.24) is 4.98 Å². The van der Waals surface area contributed by atoms with Gasteiger partial charge in [0.1, 0.15) is 6.04 Å². The van der Waals surface area contributed by atoms with E-state index in [0.717, 1.165) is 0 Å². The summed E-state index contributed by atoms with van der Waals surface area (Å²) >= 11 is 1.17. The Labute approximate surface area is 178 Å². The van der Waals surface area contributed by atoms with E-state index >= 15 is 0 Å². The lowest BCUT2D eigenvalue weighted by Crippen LogP contribution is -2.30. The molecule has 170 valence electrons. The number of nitrogens with zero attached hydrogens (tertiary/aromatic N) is 2. The molecule has 0 unspecified atom stereocenters. The summed E-state index contributed by atoms with van der Waals surface area (Å²) in [5.41, 5.74) is 10.9. The highest BCUT2D eigenvalue weighted by Gasteiger charge is 2.38. The van der Waals surface area contributed by atoms with Crippen LogP contribution in [0.25, 0.3) is 0 Å². The number of carboxylic acids is 1. The summed E-state index contributed by atoms with van der Waals surface area (Å²) < 4.78 is 58.5. The Bertz CT molecular complexity index is 1020. The number of rotatable bonds is 6. The van der Waals surface area contributed by atoms with Gasteiger partial charge in [-0.25, -0.2) is 23.2 Å². The van der Waals surface area contributed by atoms with Gasteiger partial charge >= 0.3 is 12.1 Å². The third-order valence-electron chi connectivity index (χ3n) is 3.05. The summed E-state index contributed by atoms with van der Waals surface area (Å²) in [6.07, 6.45) is -3.58. The number of thiazole rings is 1. The maximum absolute atomic E-state index is 12.2. The number of hydrogen-bond acceptors (Lipinski definition) is 7. The van der Waals surface area contributed by atoms with E-state index in [1.807, 2.05) is 0 Å². The second-order valence-electron chi connectivity index (χ2n) is 5.49. The molecule has 0 aliphatic rings. The quantitative estimate of drug-likeness (QED) is 0.299. The highest BCUT2D eigenvalue weighted by atomic mass is 32.2. The zero-order valence-electron chi connectivity index (χ0n) is 15.6. The number of aliphatic carboxylic acids is 1. The van der Waals surface area contributed by atoms with Gasteiger partial charge in [-0.1, -0.05) is 0 Å². The van der Waals surface area contributed by atoms with E-state index in [4.69, 9.17) is 21.4 Å². The van der Waals surface area contributed by atoms with Crippen LogP contribution in [-0.2, 0) is 19.6 Å². The zero-order chi connectivity index (χ0) is 23.8. The average Bonchev–Trinajstić information content (AvgIpc) is 3.13. The number of guanidine groups is 1. The molecule has 1 atom stereocenters. The van der Waals surface area contributed by atoms with Crippen LogP contribution in [0.15, 0.2) is 45.7 Å². The fourth-order valence-electron chi connectivity index (χ4n) is 1.69. The van der Waals surface area contributed by atoms with Crippen LogP contribution in [0.1, 0.15) is 6.92 Å². The van der Waals surface area contributed by atoms with E-state index in [0.29, 0.717) is 5.69 Å². The minimum absolute atomic E-state index is 0.0490. The molecule has 0 aliphatic heterocycles. The third-order valence-corrected chi connectivity index (χ3v) is 5.22. The molecule has 0 aliphatic carbocycles. The minimum atomic E-state index is -5.08. The second-order valence-corrected chi connectivity index (χ2v) is 8.07. The van der Waals surface area contributed by atoms with Crippen molar-refractivity contribution in [2.75, 3.05) is 10.0 Å². The Morgan fingerprint density at radius 2 is 1.77 bits per heavy atom. The molecule has 0 fully saturated rings. The number of nitrogens with one attached hydrogen (secondary N) is 2. The van der Waals surface area contributed by atoms with Crippen molar-refractivity contribution in [2.45, 2.75) is 24.0 Å². The number of anilines is 2. The molecule has 0 bridgehead atoms. The molecule has 1 amide bonds.